The normalized spacial score (nSPS) is 9.79. The first-order chi connectivity index (χ1) is 11.7. The fraction of sp³-hybridized carbons (Fsp3) is 0.211. The van der Waals surface area contributed by atoms with Crippen LogP contribution in [0.5, 0.6) is 0 Å². The van der Waals surface area contributed by atoms with Gasteiger partial charge in [-0.15, -0.1) is 0 Å². The SMILES string of the molecule is N#CCC(=O)Nc1ccc(CNC(=O)CCc2ccccc2)cc1. The van der Waals surface area contributed by atoms with Crippen LogP contribution in [-0.4, -0.2) is 11.8 Å². The molecular weight excluding hydrogens is 302 g/mol. The van der Waals surface area contributed by atoms with Gasteiger partial charge >= 0.3 is 0 Å². The third-order valence-electron chi connectivity index (χ3n) is 3.45. The summed E-state index contributed by atoms with van der Waals surface area (Å²) in [4.78, 5) is 23.2. The lowest BCUT2D eigenvalue weighted by atomic mass is 10.1. The zero-order chi connectivity index (χ0) is 17.2. The molecule has 0 bridgehead atoms. The average molecular weight is 321 g/mol. The maximum absolute atomic E-state index is 11.9. The van der Waals surface area contributed by atoms with Crippen molar-refractivity contribution in [1.82, 2.24) is 5.32 Å². The molecule has 0 fully saturated rings. The molecule has 0 spiro atoms. The molecule has 0 aromatic heterocycles. The minimum atomic E-state index is -0.334. The third kappa shape index (κ3) is 5.93. The van der Waals surface area contributed by atoms with Gasteiger partial charge in [-0.05, 0) is 29.7 Å². The molecule has 5 nitrogen and oxygen atoms in total. The van der Waals surface area contributed by atoms with Crippen LogP contribution in [0.1, 0.15) is 24.0 Å². The molecular formula is C19H19N3O2. The van der Waals surface area contributed by atoms with Gasteiger partial charge in [0.25, 0.3) is 0 Å². The molecule has 0 atom stereocenters. The van der Waals surface area contributed by atoms with Crippen molar-refractivity contribution in [3.8, 4) is 6.07 Å². The lowest BCUT2D eigenvalue weighted by molar-refractivity contribution is -0.121. The van der Waals surface area contributed by atoms with E-state index in [1.54, 1.807) is 18.2 Å². The van der Waals surface area contributed by atoms with Crippen LogP contribution in [-0.2, 0) is 22.6 Å². The summed E-state index contributed by atoms with van der Waals surface area (Å²) in [6, 6.07) is 18.9. The van der Waals surface area contributed by atoms with Gasteiger partial charge in [-0.2, -0.15) is 5.26 Å². The Balaban J connectivity index is 1.74. The van der Waals surface area contributed by atoms with Crippen molar-refractivity contribution in [1.29, 1.82) is 5.26 Å². The topological polar surface area (TPSA) is 82.0 Å². The van der Waals surface area contributed by atoms with Crippen LogP contribution >= 0.6 is 0 Å². The van der Waals surface area contributed by atoms with Gasteiger partial charge in [0.15, 0.2) is 0 Å². The molecule has 2 aromatic carbocycles. The first kappa shape index (κ1) is 17.2. The number of carbonyl (C=O) groups is 2. The lowest BCUT2D eigenvalue weighted by Gasteiger charge is -2.07. The second kappa shape index (κ2) is 9.11. The van der Waals surface area contributed by atoms with E-state index in [0.717, 1.165) is 17.5 Å². The Labute approximate surface area is 141 Å². The van der Waals surface area contributed by atoms with E-state index in [-0.39, 0.29) is 18.2 Å². The molecule has 0 aliphatic carbocycles. The summed E-state index contributed by atoms with van der Waals surface area (Å²) in [6.07, 6.45) is 1.00. The Kier molecular flexibility index (Phi) is 6.54. The summed E-state index contributed by atoms with van der Waals surface area (Å²) in [5, 5.41) is 14.0. The fourth-order valence-corrected chi connectivity index (χ4v) is 2.17. The van der Waals surface area contributed by atoms with E-state index in [4.69, 9.17) is 5.26 Å². The molecule has 0 saturated heterocycles. The number of benzene rings is 2. The second-order valence-corrected chi connectivity index (χ2v) is 5.34. The van der Waals surface area contributed by atoms with Crippen molar-refractivity contribution in [3.05, 3.63) is 65.7 Å². The highest BCUT2D eigenvalue weighted by atomic mass is 16.2. The van der Waals surface area contributed by atoms with Crippen molar-refractivity contribution in [3.63, 3.8) is 0 Å². The molecule has 0 aliphatic heterocycles. The van der Waals surface area contributed by atoms with Gasteiger partial charge in [-0.1, -0.05) is 42.5 Å². The summed E-state index contributed by atoms with van der Waals surface area (Å²) >= 11 is 0. The van der Waals surface area contributed by atoms with Gasteiger partial charge in [0.1, 0.15) is 6.42 Å². The highest BCUT2D eigenvalue weighted by Gasteiger charge is 2.04. The van der Waals surface area contributed by atoms with Gasteiger partial charge in [0.2, 0.25) is 11.8 Å². The Morgan fingerprint density at radius 2 is 1.62 bits per heavy atom. The largest absolute Gasteiger partial charge is 0.352 e. The van der Waals surface area contributed by atoms with E-state index in [1.807, 2.05) is 42.5 Å². The van der Waals surface area contributed by atoms with Crippen LogP contribution in [0.25, 0.3) is 0 Å². The van der Waals surface area contributed by atoms with E-state index < -0.39 is 0 Å². The summed E-state index contributed by atoms with van der Waals surface area (Å²) < 4.78 is 0. The lowest BCUT2D eigenvalue weighted by Crippen LogP contribution is -2.23. The fourth-order valence-electron chi connectivity index (χ4n) is 2.17. The molecule has 0 aliphatic rings. The number of aryl methyl sites for hydroxylation is 1. The van der Waals surface area contributed by atoms with E-state index in [1.165, 1.54) is 0 Å². The molecule has 0 heterocycles. The van der Waals surface area contributed by atoms with E-state index in [0.29, 0.717) is 18.7 Å². The van der Waals surface area contributed by atoms with Crippen molar-refractivity contribution in [2.75, 3.05) is 5.32 Å². The molecule has 0 radical (unpaired) electrons. The Morgan fingerprint density at radius 3 is 2.29 bits per heavy atom. The zero-order valence-electron chi connectivity index (χ0n) is 13.3. The number of hydrogen-bond acceptors (Lipinski definition) is 3. The Hall–Kier alpha value is -3.13. The van der Waals surface area contributed by atoms with E-state index in [2.05, 4.69) is 10.6 Å². The van der Waals surface area contributed by atoms with E-state index in [9.17, 15) is 9.59 Å². The monoisotopic (exact) mass is 321 g/mol. The van der Waals surface area contributed by atoms with Gasteiger partial charge < -0.3 is 10.6 Å². The van der Waals surface area contributed by atoms with Gasteiger partial charge in [-0.25, -0.2) is 0 Å². The summed E-state index contributed by atoms with van der Waals surface area (Å²) in [7, 11) is 0. The van der Waals surface area contributed by atoms with Crippen LogP contribution in [0.3, 0.4) is 0 Å². The Morgan fingerprint density at radius 1 is 0.917 bits per heavy atom. The number of hydrogen-bond donors (Lipinski definition) is 2. The van der Waals surface area contributed by atoms with Crippen LogP contribution in [0.4, 0.5) is 5.69 Å². The van der Waals surface area contributed by atoms with Crippen LogP contribution in [0.15, 0.2) is 54.6 Å². The molecule has 0 unspecified atom stereocenters. The predicted octanol–water partition coefficient (Wildman–Crippen LogP) is 2.79. The summed E-state index contributed by atoms with van der Waals surface area (Å²) in [5.74, 6) is -0.329. The summed E-state index contributed by atoms with van der Waals surface area (Å²) in [5.41, 5.74) is 2.72. The highest BCUT2D eigenvalue weighted by molar-refractivity contribution is 5.92. The predicted molar refractivity (Wildman–Crippen MR) is 91.9 cm³/mol. The minimum Gasteiger partial charge on any atom is -0.352 e. The maximum atomic E-state index is 11.9. The average Bonchev–Trinajstić information content (AvgIpc) is 2.60. The molecule has 0 saturated carbocycles. The van der Waals surface area contributed by atoms with Gasteiger partial charge in [0.05, 0.1) is 6.07 Å². The van der Waals surface area contributed by atoms with Crippen LogP contribution in [0.2, 0.25) is 0 Å². The maximum Gasteiger partial charge on any atom is 0.238 e. The Bertz CT molecular complexity index is 719. The van der Waals surface area contributed by atoms with Crippen LogP contribution < -0.4 is 10.6 Å². The van der Waals surface area contributed by atoms with Crippen molar-refractivity contribution >= 4 is 17.5 Å². The first-order valence-corrected chi connectivity index (χ1v) is 7.74. The molecule has 2 N–H and O–H groups in total. The smallest absolute Gasteiger partial charge is 0.238 e. The highest BCUT2D eigenvalue weighted by Crippen LogP contribution is 2.10. The minimum absolute atomic E-state index is 0.00486. The van der Waals surface area contributed by atoms with Gasteiger partial charge in [0, 0.05) is 18.7 Å². The molecule has 2 rings (SSSR count). The molecule has 122 valence electrons. The van der Waals surface area contributed by atoms with Gasteiger partial charge in [-0.3, -0.25) is 9.59 Å². The number of amides is 2. The number of anilines is 1. The number of rotatable bonds is 7. The second-order valence-electron chi connectivity index (χ2n) is 5.34. The number of nitrogens with zero attached hydrogens (tertiary/aromatic N) is 1. The summed E-state index contributed by atoms with van der Waals surface area (Å²) in [6.45, 7) is 0.444. The zero-order valence-corrected chi connectivity index (χ0v) is 13.3. The number of nitrogens with one attached hydrogen (secondary N) is 2. The van der Waals surface area contributed by atoms with Crippen LogP contribution in [0, 0.1) is 11.3 Å². The molecule has 24 heavy (non-hydrogen) atoms. The van der Waals surface area contributed by atoms with Crippen molar-refractivity contribution in [2.45, 2.75) is 25.8 Å². The first-order valence-electron chi connectivity index (χ1n) is 7.74. The standard InChI is InChI=1S/C19H19N3O2/c20-13-12-19(24)22-17-9-6-16(7-10-17)14-21-18(23)11-8-15-4-2-1-3-5-15/h1-7,9-10H,8,11-12,14H2,(H,21,23)(H,22,24). The van der Waals surface area contributed by atoms with Crippen molar-refractivity contribution < 1.29 is 9.59 Å². The quantitative estimate of drug-likeness (QED) is 0.822. The molecule has 5 heteroatoms. The molecule has 2 aromatic rings. The van der Waals surface area contributed by atoms with Crippen molar-refractivity contribution in [2.24, 2.45) is 0 Å². The van der Waals surface area contributed by atoms with E-state index >= 15 is 0 Å². The number of carbonyl (C=O) groups excluding carboxylic acids is 2. The molecule has 2 amide bonds. The third-order valence-corrected chi connectivity index (χ3v) is 3.45. The number of nitriles is 1.